The van der Waals surface area contributed by atoms with Crippen LogP contribution in [0.15, 0.2) is 52.5 Å². The number of aromatic amines is 1. The molecule has 0 atom stereocenters. The van der Waals surface area contributed by atoms with E-state index in [9.17, 15) is 13.2 Å². The SMILES string of the molecule is Nc1ncc(S(=O)(=O)Nc2cccc3c(=O)[nH]ccc23)cn1. The Morgan fingerprint density at radius 3 is 2.55 bits per heavy atom. The van der Waals surface area contributed by atoms with Crippen molar-refractivity contribution >= 4 is 32.4 Å². The molecule has 4 N–H and O–H groups in total. The van der Waals surface area contributed by atoms with Crippen molar-refractivity contribution in [2.45, 2.75) is 4.90 Å². The van der Waals surface area contributed by atoms with Crippen LogP contribution in [0.3, 0.4) is 0 Å². The van der Waals surface area contributed by atoms with Gasteiger partial charge in [0.2, 0.25) is 5.95 Å². The molecule has 9 heteroatoms. The minimum atomic E-state index is -3.88. The van der Waals surface area contributed by atoms with Gasteiger partial charge in [-0.2, -0.15) is 0 Å². The van der Waals surface area contributed by atoms with E-state index in [-0.39, 0.29) is 16.4 Å². The molecule has 0 amide bonds. The predicted octanol–water partition coefficient (Wildman–Crippen LogP) is 0.701. The van der Waals surface area contributed by atoms with Crippen LogP contribution >= 0.6 is 0 Å². The number of nitrogens with two attached hydrogens (primary N) is 1. The molecular formula is C13H11N5O3S. The van der Waals surface area contributed by atoms with Gasteiger partial charge in [0.1, 0.15) is 4.90 Å². The molecule has 0 radical (unpaired) electrons. The molecule has 0 aliphatic rings. The third-order valence-corrected chi connectivity index (χ3v) is 4.34. The minimum Gasteiger partial charge on any atom is -0.368 e. The molecule has 8 nitrogen and oxygen atoms in total. The molecule has 0 saturated carbocycles. The molecular weight excluding hydrogens is 306 g/mol. The van der Waals surface area contributed by atoms with E-state index in [1.165, 1.54) is 6.20 Å². The van der Waals surface area contributed by atoms with Crippen LogP contribution in [-0.4, -0.2) is 23.4 Å². The second kappa shape index (κ2) is 5.11. The number of nitrogen functional groups attached to an aromatic ring is 1. The largest absolute Gasteiger partial charge is 0.368 e. The van der Waals surface area contributed by atoms with Crippen LogP contribution in [0, 0.1) is 0 Å². The number of nitrogens with zero attached hydrogens (tertiary/aromatic N) is 2. The maximum absolute atomic E-state index is 12.3. The molecule has 3 rings (SSSR count). The maximum Gasteiger partial charge on any atom is 0.264 e. The summed E-state index contributed by atoms with van der Waals surface area (Å²) in [7, 11) is -3.88. The molecule has 0 aliphatic heterocycles. The van der Waals surface area contributed by atoms with Crippen LogP contribution < -0.4 is 16.0 Å². The number of H-pyrrole nitrogens is 1. The Labute approximate surface area is 125 Å². The smallest absolute Gasteiger partial charge is 0.264 e. The van der Waals surface area contributed by atoms with Crippen LogP contribution in [0.2, 0.25) is 0 Å². The highest BCUT2D eigenvalue weighted by atomic mass is 32.2. The average molecular weight is 317 g/mol. The Hall–Kier alpha value is -2.94. The predicted molar refractivity (Wildman–Crippen MR) is 81.8 cm³/mol. The topological polar surface area (TPSA) is 131 Å². The quantitative estimate of drug-likeness (QED) is 0.651. The third kappa shape index (κ3) is 2.49. The maximum atomic E-state index is 12.3. The normalized spacial score (nSPS) is 11.5. The summed E-state index contributed by atoms with van der Waals surface area (Å²) in [5.41, 5.74) is 5.33. The fraction of sp³-hybridized carbons (Fsp3) is 0. The Balaban J connectivity index is 2.08. The van der Waals surface area contributed by atoms with E-state index in [0.717, 1.165) is 12.4 Å². The van der Waals surface area contributed by atoms with Gasteiger partial charge in [-0.1, -0.05) is 6.07 Å². The van der Waals surface area contributed by atoms with Crippen molar-refractivity contribution in [2.24, 2.45) is 0 Å². The minimum absolute atomic E-state index is 0.0179. The first-order chi connectivity index (χ1) is 10.5. The Bertz CT molecular complexity index is 996. The molecule has 3 aromatic rings. The Morgan fingerprint density at radius 2 is 1.82 bits per heavy atom. The number of sulfonamides is 1. The highest BCUT2D eigenvalue weighted by molar-refractivity contribution is 7.92. The number of fused-ring (bicyclic) bond motifs is 1. The Morgan fingerprint density at radius 1 is 1.09 bits per heavy atom. The molecule has 1 aromatic carbocycles. The lowest BCUT2D eigenvalue weighted by Gasteiger charge is -2.10. The van der Waals surface area contributed by atoms with Gasteiger partial charge in [-0.15, -0.1) is 0 Å². The van der Waals surface area contributed by atoms with E-state index in [1.54, 1.807) is 24.3 Å². The molecule has 0 unspecified atom stereocenters. The van der Waals surface area contributed by atoms with Crippen molar-refractivity contribution < 1.29 is 8.42 Å². The fourth-order valence-electron chi connectivity index (χ4n) is 1.98. The average Bonchev–Trinajstić information content (AvgIpc) is 2.48. The van der Waals surface area contributed by atoms with Gasteiger partial charge in [-0.25, -0.2) is 18.4 Å². The van der Waals surface area contributed by atoms with Gasteiger partial charge >= 0.3 is 0 Å². The second-order valence-corrected chi connectivity index (χ2v) is 6.14. The van der Waals surface area contributed by atoms with E-state index >= 15 is 0 Å². The van der Waals surface area contributed by atoms with Crippen LogP contribution in [-0.2, 0) is 10.0 Å². The van der Waals surface area contributed by atoms with Gasteiger partial charge in [0.15, 0.2) is 0 Å². The van der Waals surface area contributed by atoms with E-state index in [1.807, 2.05) is 0 Å². The number of hydrogen-bond acceptors (Lipinski definition) is 6. The summed E-state index contributed by atoms with van der Waals surface area (Å²) in [5.74, 6) is -0.0179. The molecule has 0 bridgehead atoms. The fourth-order valence-corrected chi connectivity index (χ4v) is 2.95. The van der Waals surface area contributed by atoms with Crippen molar-refractivity contribution in [3.8, 4) is 0 Å². The van der Waals surface area contributed by atoms with Gasteiger partial charge in [-0.05, 0) is 18.2 Å². The zero-order valence-corrected chi connectivity index (χ0v) is 12.0. The molecule has 0 aliphatic carbocycles. The zero-order valence-electron chi connectivity index (χ0n) is 11.1. The Kier molecular flexibility index (Phi) is 3.26. The van der Waals surface area contributed by atoms with Crippen molar-refractivity contribution in [1.82, 2.24) is 15.0 Å². The number of rotatable bonds is 3. The summed E-state index contributed by atoms with van der Waals surface area (Å²) in [6.45, 7) is 0. The molecule has 2 aromatic heterocycles. The van der Waals surface area contributed by atoms with E-state index < -0.39 is 10.0 Å². The van der Waals surface area contributed by atoms with Crippen LogP contribution in [0.5, 0.6) is 0 Å². The van der Waals surface area contributed by atoms with Crippen molar-refractivity contribution in [3.05, 3.63) is 53.2 Å². The molecule has 112 valence electrons. The standard InChI is InChI=1S/C13H11N5O3S/c14-13-16-6-8(7-17-13)22(20,21)18-11-3-1-2-10-9(11)4-5-15-12(10)19/h1-7,18H,(H,15,19)(H2,14,16,17). The number of benzene rings is 1. The molecule has 0 saturated heterocycles. The first-order valence-electron chi connectivity index (χ1n) is 6.18. The van der Waals surface area contributed by atoms with Crippen LogP contribution in [0.1, 0.15) is 0 Å². The van der Waals surface area contributed by atoms with Gasteiger partial charge < -0.3 is 10.7 Å². The first-order valence-corrected chi connectivity index (χ1v) is 7.66. The van der Waals surface area contributed by atoms with E-state index in [2.05, 4.69) is 19.7 Å². The number of pyridine rings is 1. The number of nitrogens with one attached hydrogen (secondary N) is 2. The van der Waals surface area contributed by atoms with E-state index in [0.29, 0.717) is 16.5 Å². The van der Waals surface area contributed by atoms with Crippen molar-refractivity contribution in [2.75, 3.05) is 10.5 Å². The van der Waals surface area contributed by atoms with Crippen molar-refractivity contribution in [3.63, 3.8) is 0 Å². The van der Waals surface area contributed by atoms with Crippen LogP contribution in [0.25, 0.3) is 10.8 Å². The molecule has 0 fully saturated rings. The summed E-state index contributed by atoms with van der Waals surface area (Å²) in [5, 5.41) is 0.877. The molecule has 0 spiro atoms. The van der Waals surface area contributed by atoms with Gasteiger partial charge in [0.25, 0.3) is 15.6 Å². The highest BCUT2D eigenvalue weighted by Gasteiger charge is 2.16. The highest BCUT2D eigenvalue weighted by Crippen LogP contribution is 2.23. The summed E-state index contributed by atoms with van der Waals surface area (Å²) < 4.78 is 27.1. The van der Waals surface area contributed by atoms with Crippen molar-refractivity contribution in [1.29, 1.82) is 0 Å². The third-order valence-electron chi connectivity index (χ3n) is 3.02. The number of aromatic nitrogens is 3. The summed E-state index contributed by atoms with van der Waals surface area (Å²) >= 11 is 0. The lowest BCUT2D eigenvalue weighted by molar-refractivity contribution is 0.600. The van der Waals surface area contributed by atoms with E-state index in [4.69, 9.17) is 5.73 Å². The summed E-state index contributed by atoms with van der Waals surface area (Å²) in [6.07, 6.45) is 3.68. The summed E-state index contributed by atoms with van der Waals surface area (Å²) in [6, 6.07) is 6.39. The summed E-state index contributed by atoms with van der Waals surface area (Å²) in [4.78, 5) is 21.5. The molecule has 22 heavy (non-hydrogen) atoms. The monoisotopic (exact) mass is 317 g/mol. The second-order valence-electron chi connectivity index (χ2n) is 4.46. The van der Waals surface area contributed by atoms with Crippen LogP contribution in [0.4, 0.5) is 11.6 Å². The first kappa shape index (κ1) is 14.0. The lowest BCUT2D eigenvalue weighted by atomic mass is 10.1. The van der Waals surface area contributed by atoms with Gasteiger partial charge in [0, 0.05) is 17.0 Å². The van der Waals surface area contributed by atoms with Gasteiger partial charge in [-0.3, -0.25) is 9.52 Å². The van der Waals surface area contributed by atoms with Gasteiger partial charge in [0.05, 0.1) is 18.1 Å². The molecule has 2 heterocycles. The number of anilines is 2. The number of hydrogen-bond donors (Lipinski definition) is 3. The lowest BCUT2D eigenvalue weighted by Crippen LogP contribution is -2.15. The zero-order chi connectivity index (χ0) is 15.7.